The molecule has 0 radical (unpaired) electrons. The Morgan fingerprint density at radius 3 is 2.92 bits per heavy atom. The number of nitrogens with two attached hydrogens (primary N) is 1. The maximum Gasteiger partial charge on any atom is 0.134 e. The van der Waals surface area contributed by atoms with E-state index in [4.69, 9.17) is 5.73 Å². The molecule has 0 fully saturated rings. The van der Waals surface area contributed by atoms with Crippen molar-refractivity contribution < 1.29 is 0 Å². The number of nitrogen functional groups attached to an aromatic ring is 1. The number of aromatic amines is 1. The molecular weight excluding hydrogens is 238 g/mol. The van der Waals surface area contributed by atoms with Crippen LogP contribution in [0.25, 0.3) is 10.6 Å². The minimum Gasteiger partial charge on any atom is -0.383 e. The van der Waals surface area contributed by atoms with Gasteiger partial charge >= 0.3 is 0 Å². The number of nitrogens with zero attached hydrogens (tertiary/aromatic N) is 1. The van der Waals surface area contributed by atoms with Crippen LogP contribution in [-0.2, 0) is 0 Å². The van der Waals surface area contributed by atoms with Gasteiger partial charge in [-0.25, -0.2) is 0 Å². The molecule has 0 unspecified atom stereocenters. The number of thiophene rings is 1. The van der Waals surface area contributed by atoms with E-state index in [2.05, 4.69) is 26.1 Å². The molecular formula is C7H6BrN3S. The zero-order chi connectivity index (χ0) is 8.55. The van der Waals surface area contributed by atoms with E-state index in [1.807, 2.05) is 17.5 Å². The van der Waals surface area contributed by atoms with E-state index in [1.165, 1.54) is 0 Å². The number of anilines is 1. The van der Waals surface area contributed by atoms with Gasteiger partial charge in [0.2, 0.25) is 0 Å². The largest absolute Gasteiger partial charge is 0.383 e. The number of H-pyrrole nitrogens is 1. The molecule has 12 heavy (non-hydrogen) atoms. The molecule has 0 bridgehead atoms. The van der Waals surface area contributed by atoms with Gasteiger partial charge in [0.15, 0.2) is 0 Å². The first-order valence-corrected chi connectivity index (χ1v) is 4.99. The van der Waals surface area contributed by atoms with Crippen molar-refractivity contribution in [3.8, 4) is 10.6 Å². The lowest BCUT2D eigenvalue weighted by atomic mass is 10.3. The van der Waals surface area contributed by atoms with Crippen molar-refractivity contribution in [3.63, 3.8) is 0 Å². The summed E-state index contributed by atoms with van der Waals surface area (Å²) in [4.78, 5) is 1.11. The Morgan fingerprint density at radius 2 is 2.42 bits per heavy atom. The Morgan fingerprint density at radius 1 is 1.58 bits per heavy atom. The van der Waals surface area contributed by atoms with Crippen molar-refractivity contribution in [2.24, 2.45) is 0 Å². The summed E-state index contributed by atoms with van der Waals surface area (Å²) in [6, 6.07) is 3.99. The van der Waals surface area contributed by atoms with Gasteiger partial charge in [-0.2, -0.15) is 5.10 Å². The number of hydrogen-bond donors (Lipinski definition) is 2. The average molecular weight is 244 g/mol. The molecule has 5 heteroatoms. The molecule has 2 rings (SSSR count). The van der Waals surface area contributed by atoms with Crippen molar-refractivity contribution in [3.05, 3.63) is 22.0 Å². The molecule has 0 spiro atoms. The van der Waals surface area contributed by atoms with Crippen LogP contribution in [0.4, 0.5) is 5.82 Å². The smallest absolute Gasteiger partial charge is 0.134 e. The van der Waals surface area contributed by atoms with E-state index < -0.39 is 0 Å². The highest BCUT2D eigenvalue weighted by molar-refractivity contribution is 9.10. The number of nitrogens with one attached hydrogen (secondary N) is 1. The number of hydrogen-bond acceptors (Lipinski definition) is 3. The normalized spacial score (nSPS) is 10.4. The fraction of sp³-hybridized carbons (Fsp3) is 0. The van der Waals surface area contributed by atoms with Crippen LogP contribution in [0.3, 0.4) is 0 Å². The quantitative estimate of drug-likeness (QED) is 0.809. The Balaban J connectivity index is 2.55. The van der Waals surface area contributed by atoms with Gasteiger partial charge in [0, 0.05) is 0 Å². The lowest BCUT2D eigenvalue weighted by Gasteiger charge is -1.89. The SMILES string of the molecule is Nc1[nH]nc(-c2cccs2)c1Br. The second kappa shape index (κ2) is 2.91. The molecule has 0 aliphatic rings. The first-order chi connectivity index (χ1) is 5.79. The molecule has 0 amide bonds. The van der Waals surface area contributed by atoms with Crippen LogP contribution >= 0.6 is 27.3 Å². The standard InChI is InChI=1S/C7H6BrN3S/c8-5-6(10-11-7(5)9)4-2-1-3-12-4/h1-3H,(H3,9,10,11). The number of rotatable bonds is 1. The molecule has 2 aromatic heterocycles. The van der Waals surface area contributed by atoms with Crippen LogP contribution in [0.1, 0.15) is 0 Å². The minimum atomic E-state index is 0.568. The number of aromatic nitrogens is 2. The summed E-state index contributed by atoms with van der Waals surface area (Å²) in [5.74, 6) is 0.568. The molecule has 3 N–H and O–H groups in total. The zero-order valence-corrected chi connectivity index (χ0v) is 8.45. The molecule has 3 nitrogen and oxygen atoms in total. The third-order valence-electron chi connectivity index (χ3n) is 1.49. The third kappa shape index (κ3) is 1.15. The van der Waals surface area contributed by atoms with E-state index >= 15 is 0 Å². The average Bonchev–Trinajstić information content (AvgIpc) is 2.64. The Bertz CT molecular complexity index is 379. The van der Waals surface area contributed by atoms with Crippen molar-refractivity contribution in [1.82, 2.24) is 10.2 Å². The summed E-state index contributed by atoms with van der Waals surface area (Å²) in [6.07, 6.45) is 0. The molecule has 0 atom stereocenters. The highest BCUT2D eigenvalue weighted by Gasteiger charge is 2.09. The van der Waals surface area contributed by atoms with Crippen LogP contribution in [0.15, 0.2) is 22.0 Å². The molecule has 0 aromatic carbocycles. The van der Waals surface area contributed by atoms with Gasteiger partial charge in [-0.3, -0.25) is 5.10 Å². The second-order valence-corrected chi connectivity index (χ2v) is 4.02. The van der Waals surface area contributed by atoms with Crippen molar-refractivity contribution in [2.75, 3.05) is 5.73 Å². The second-order valence-electron chi connectivity index (χ2n) is 2.28. The Hall–Kier alpha value is -0.810. The fourth-order valence-electron chi connectivity index (χ4n) is 0.918. The monoisotopic (exact) mass is 243 g/mol. The Labute approximate surface area is 81.7 Å². The van der Waals surface area contributed by atoms with E-state index in [0.717, 1.165) is 15.0 Å². The Kier molecular flexibility index (Phi) is 1.90. The molecule has 0 saturated carbocycles. The predicted molar refractivity (Wildman–Crippen MR) is 54.0 cm³/mol. The summed E-state index contributed by atoms with van der Waals surface area (Å²) >= 11 is 4.99. The highest BCUT2D eigenvalue weighted by atomic mass is 79.9. The summed E-state index contributed by atoms with van der Waals surface area (Å²) in [5.41, 5.74) is 6.46. The maximum atomic E-state index is 5.59. The molecule has 2 heterocycles. The van der Waals surface area contributed by atoms with E-state index in [9.17, 15) is 0 Å². The molecule has 2 aromatic rings. The van der Waals surface area contributed by atoms with Crippen LogP contribution in [0.2, 0.25) is 0 Å². The van der Waals surface area contributed by atoms with Gasteiger partial charge in [0.05, 0.1) is 9.35 Å². The van der Waals surface area contributed by atoms with Gasteiger partial charge in [-0.1, -0.05) is 6.07 Å². The summed E-state index contributed by atoms with van der Waals surface area (Å²) in [6.45, 7) is 0. The fourth-order valence-corrected chi connectivity index (χ4v) is 2.16. The van der Waals surface area contributed by atoms with E-state index in [1.54, 1.807) is 11.3 Å². The van der Waals surface area contributed by atoms with Crippen LogP contribution in [-0.4, -0.2) is 10.2 Å². The lowest BCUT2D eigenvalue weighted by Crippen LogP contribution is -1.83. The predicted octanol–water partition coefficient (Wildman–Crippen LogP) is 2.48. The first kappa shape index (κ1) is 7.82. The molecule has 0 aliphatic carbocycles. The maximum absolute atomic E-state index is 5.59. The van der Waals surface area contributed by atoms with Gasteiger partial charge in [0.25, 0.3) is 0 Å². The minimum absolute atomic E-state index is 0.568. The van der Waals surface area contributed by atoms with Gasteiger partial charge in [-0.05, 0) is 27.4 Å². The van der Waals surface area contributed by atoms with E-state index in [0.29, 0.717) is 5.82 Å². The van der Waals surface area contributed by atoms with Crippen LogP contribution < -0.4 is 5.73 Å². The number of halogens is 1. The first-order valence-electron chi connectivity index (χ1n) is 3.32. The van der Waals surface area contributed by atoms with Crippen LogP contribution in [0, 0.1) is 0 Å². The van der Waals surface area contributed by atoms with E-state index in [-0.39, 0.29) is 0 Å². The highest BCUT2D eigenvalue weighted by Crippen LogP contribution is 2.32. The van der Waals surface area contributed by atoms with Crippen molar-refractivity contribution >= 4 is 33.1 Å². The van der Waals surface area contributed by atoms with Gasteiger partial charge in [-0.15, -0.1) is 11.3 Å². The van der Waals surface area contributed by atoms with Gasteiger partial charge < -0.3 is 5.73 Å². The van der Waals surface area contributed by atoms with Gasteiger partial charge in [0.1, 0.15) is 11.5 Å². The third-order valence-corrected chi connectivity index (χ3v) is 3.17. The lowest BCUT2D eigenvalue weighted by molar-refractivity contribution is 1.11. The molecule has 62 valence electrons. The zero-order valence-electron chi connectivity index (χ0n) is 6.04. The van der Waals surface area contributed by atoms with Crippen molar-refractivity contribution in [1.29, 1.82) is 0 Å². The van der Waals surface area contributed by atoms with Crippen molar-refractivity contribution in [2.45, 2.75) is 0 Å². The topological polar surface area (TPSA) is 54.7 Å². The molecule has 0 aliphatic heterocycles. The van der Waals surface area contributed by atoms with Crippen LogP contribution in [0.5, 0.6) is 0 Å². The summed E-state index contributed by atoms with van der Waals surface area (Å²) in [5, 5.41) is 8.79. The molecule has 0 saturated heterocycles. The summed E-state index contributed by atoms with van der Waals surface area (Å²) in [7, 11) is 0. The summed E-state index contributed by atoms with van der Waals surface area (Å²) < 4.78 is 0.838.